The summed E-state index contributed by atoms with van der Waals surface area (Å²) in [4.78, 5) is 20.1. The van der Waals surface area contributed by atoms with E-state index in [1.54, 1.807) is 6.20 Å². The third-order valence-corrected chi connectivity index (χ3v) is 3.04. The Morgan fingerprint density at radius 2 is 2.22 bits per heavy atom. The van der Waals surface area contributed by atoms with Crippen LogP contribution in [0.1, 0.15) is 12.8 Å². The number of nitrogens with zero attached hydrogens (tertiary/aromatic N) is 2. The third-order valence-electron chi connectivity index (χ3n) is 3.04. The minimum absolute atomic E-state index is 0.0573. The van der Waals surface area contributed by atoms with Crippen molar-refractivity contribution in [3.63, 3.8) is 0 Å². The van der Waals surface area contributed by atoms with Gasteiger partial charge in [-0.1, -0.05) is 12.1 Å². The molecule has 0 spiro atoms. The van der Waals surface area contributed by atoms with Gasteiger partial charge in [0, 0.05) is 41.8 Å². The van der Waals surface area contributed by atoms with Crippen LogP contribution in [-0.2, 0) is 4.79 Å². The summed E-state index contributed by atoms with van der Waals surface area (Å²) in [5.41, 5.74) is 1.86. The predicted molar refractivity (Wildman–Crippen MR) is 71.1 cm³/mol. The SMILES string of the molecule is O=C1CC(=Nc2cccc3cnccc23)CCN1. The Balaban J connectivity index is 2.04. The Labute approximate surface area is 105 Å². The highest BCUT2D eigenvalue weighted by Gasteiger charge is 2.13. The van der Waals surface area contributed by atoms with Crippen LogP contribution >= 0.6 is 0 Å². The van der Waals surface area contributed by atoms with E-state index < -0.39 is 0 Å². The molecule has 4 heteroatoms. The minimum Gasteiger partial charge on any atom is -0.355 e. The van der Waals surface area contributed by atoms with Crippen LogP contribution in [-0.4, -0.2) is 23.1 Å². The van der Waals surface area contributed by atoms with Crippen molar-refractivity contribution in [2.45, 2.75) is 12.8 Å². The molecule has 4 nitrogen and oxygen atoms in total. The van der Waals surface area contributed by atoms with Gasteiger partial charge < -0.3 is 5.32 Å². The van der Waals surface area contributed by atoms with Crippen LogP contribution in [0.4, 0.5) is 5.69 Å². The number of rotatable bonds is 1. The summed E-state index contributed by atoms with van der Waals surface area (Å²) in [6, 6.07) is 7.91. The van der Waals surface area contributed by atoms with Gasteiger partial charge in [-0.3, -0.25) is 14.8 Å². The molecule has 0 unspecified atom stereocenters. The van der Waals surface area contributed by atoms with Gasteiger partial charge in [0.05, 0.1) is 12.1 Å². The number of hydrogen-bond donors (Lipinski definition) is 1. The van der Waals surface area contributed by atoms with Gasteiger partial charge in [-0.2, -0.15) is 0 Å². The molecular weight excluding hydrogens is 226 g/mol. The minimum atomic E-state index is 0.0573. The number of fused-ring (bicyclic) bond motifs is 1. The maximum atomic E-state index is 11.3. The summed E-state index contributed by atoms with van der Waals surface area (Å²) in [5.74, 6) is 0.0573. The maximum absolute atomic E-state index is 11.3. The smallest absolute Gasteiger partial charge is 0.225 e. The summed E-state index contributed by atoms with van der Waals surface area (Å²) >= 11 is 0. The van der Waals surface area contributed by atoms with E-state index >= 15 is 0 Å². The number of aromatic nitrogens is 1. The Bertz CT molecular complexity index is 628. The number of aliphatic imine (C=N–C) groups is 1. The van der Waals surface area contributed by atoms with Crippen LogP contribution in [0.3, 0.4) is 0 Å². The summed E-state index contributed by atoms with van der Waals surface area (Å²) < 4.78 is 0. The van der Waals surface area contributed by atoms with Gasteiger partial charge in [-0.25, -0.2) is 0 Å². The Morgan fingerprint density at radius 3 is 3.11 bits per heavy atom. The summed E-state index contributed by atoms with van der Waals surface area (Å²) in [6.07, 6.45) is 4.82. The first-order valence-electron chi connectivity index (χ1n) is 5.99. The standard InChI is InChI=1S/C14H13N3O/c18-14-8-11(4-7-16-14)17-13-3-1-2-10-9-15-6-5-12(10)13/h1-3,5-6,9H,4,7-8H2,(H,16,18). The van der Waals surface area contributed by atoms with Crippen molar-refractivity contribution in [2.75, 3.05) is 6.54 Å². The molecule has 3 rings (SSSR count). The zero-order valence-corrected chi connectivity index (χ0v) is 9.89. The molecule has 0 saturated carbocycles. The number of carbonyl (C=O) groups is 1. The molecule has 1 N–H and O–H groups in total. The lowest BCUT2D eigenvalue weighted by atomic mass is 10.1. The molecule has 0 aliphatic carbocycles. The van der Waals surface area contributed by atoms with Crippen LogP contribution in [0.5, 0.6) is 0 Å². The first-order chi connectivity index (χ1) is 8.83. The van der Waals surface area contributed by atoms with Crippen molar-refractivity contribution in [1.29, 1.82) is 0 Å². The van der Waals surface area contributed by atoms with E-state index in [-0.39, 0.29) is 5.91 Å². The quantitative estimate of drug-likeness (QED) is 0.829. The van der Waals surface area contributed by atoms with E-state index in [0.717, 1.165) is 28.6 Å². The van der Waals surface area contributed by atoms with Gasteiger partial charge in [0.1, 0.15) is 0 Å². The van der Waals surface area contributed by atoms with Crippen molar-refractivity contribution >= 4 is 28.1 Å². The molecule has 1 aliphatic rings. The molecule has 0 atom stereocenters. The van der Waals surface area contributed by atoms with Crippen LogP contribution in [0.25, 0.3) is 10.8 Å². The molecule has 1 amide bonds. The highest BCUT2D eigenvalue weighted by atomic mass is 16.1. The second kappa shape index (κ2) is 4.56. The predicted octanol–water partition coefficient (Wildman–Crippen LogP) is 2.22. The fourth-order valence-corrected chi connectivity index (χ4v) is 2.15. The third kappa shape index (κ3) is 2.09. The summed E-state index contributed by atoms with van der Waals surface area (Å²) in [5, 5.41) is 4.95. The van der Waals surface area contributed by atoms with Crippen molar-refractivity contribution in [3.05, 3.63) is 36.7 Å². The highest BCUT2D eigenvalue weighted by Crippen LogP contribution is 2.25. The van der Waals surface area contributed by atoms with Gasteiger partial charge in [0.2, 0.25) is 5.91 Å². The molecule has 1 saturated heterocycles. The van der Waals surface area contributed by atoms with E-state index in [4.69, 9.17) is 0 Å². The van der Waals surface area contributed by atoms with Crippen molar-refractivity contribution in [2.24, 2.45) is 4.99 Å². The molecule has 18 heavy (non-hydrogen) atoms. The Morgan fingerprint density at radius 1 is 1.28 bits per heavy atom. The molecule has 1 aliphatic heterocycles. The van der Waals surface area contributed by atoms with Crippen LogP contribution in [0, 0.1) is 0 Å². The molecule has 2 aromatic rings. The lowest BCUT2D eigenvalue weighted by Gasteiger charge is -2.14. The van der Waals surface area contributed by atoms with E-state index in [0.29, 0.717) is 13.0 Å². The van der Waals surface area contributed by atoms with E-state index in [9.17, 15) is 4.79 Å². The first-order valence-corrected chi connectivity index (χ1v) is 5.99. The average Bonchev–Trinajstić information content (AvgIpc) is 2.39. The maximum Gasteiger partial charge on any atom is 0.225 e. The molecule has 2 heterocycles. The van der Waals surface area contributed by atoms with Gasteiger partial charge in [0.15, 0.2) is 0 Å². The van der Waals surface area contributed by atoms with Crippen molar-refractivity contribution < 1.29 is 4.79 Å². The second-order valence-corrected chi connectivity index (χ2v) is 4.33. The van der Waals surface area contributed by atoms with E-state index in [1.807, 2.05) is 30.5 Å². The molecule has 90 valence electrons. The molecule has 1 aromatic heterocycles. The lowest BCUT2D eigenvalue weighted by Crippen LogP contribution is -2.33. The number of benzene rings is 1. The van der Waals surface area contributed by atoms with E-state index in [1.165, 1.54) is 0 Å². The normalized spacial score (nSPS) is 18.0. The number of carbonyl (C=O) groups excluding carboxylic acids is 1. The van der Waals surface area contributed by atoms with Crippen LogP contribution in [0.2, 0.25) is 0 Å². The molecular formula is C14H13N3O. The highest BCUT2D eigenvalue weighted by molar-refractivity contribution is 6.05. The number of hydrogen-bond acceptors (Lipinski definition) is 3. The summed E-state index contributed by atoms with van der Waals surface area (Å²) in [7, 11) is 0. The fraction of sp³-hybridized carbons (Fsp3) is 0.214. The molecule has 1 aromatic carbocycles. The Kier molecular flexibility index (Phi) is 2.76. The average molecular weight is 239 g/mol. The number of pyridine rings is 1. The molecule has 1 fully saturated rings. The van der Waals surface area contributed by atoms with Crippen LogP contribution < -0.4 is 5.32 Å². The zero-order chi connectivity index (χ0) is 12.4. The van der Waals surface area contributed by atoms with Crippen molar-refractivity contribution in [1.82, 2.24) is 10.3 Å². The topological polar surface area (TPSA) is 54.4 Å². The largest absolute Gasteiger partial charge is 0.355 e. The first kappa shape index (κ1) is 10.9. The van der Waals surface area contributed by atoms with Gasteiger partial charge in [-0.05, 0) is 12.1 Å². The number of nitrogens with one attached hydrogen (secondary N) is 1. The van der Waals surface area contributed by atoms with Gasteiger partial charge in [0.25, 0.3) is 0 Å². The van der Waals surface area contributed by atoms with E-state index in [2.05, 4.69) is 15.3 Å². The number of piperidine rings is 1. The lowest BCUT2D eigenvalue weighted by molar-refractivity contribution is -0.120. The number of amides is 1. The zero-order valence-electron chi connectivity index (χ0n) is 9.89. The second-order valence-electron chi connectivity index (χ2n) is 4.33. The fourth-order valence-electron chi connectivity index (χ4n) is 2.15. The molecule has 0 radical (unpaired) electrons. The monoisotopic (exact) mass is 239 g/mol. The molecule has 0 bridgehead atoms. The van der Waals surface area contributed by atoms with Crippen molar-refractivity contribution in [3.8, 4) is 0 Å². The Hall–Kier alpha value is -2.23. The summed E-state index contributed by atoms with van der Waals surface area (Å²) in [6.45, 7) is 0.685. The van der Waals surface area contributed by atoms with Gasteiger partial charge >= 0.3 is 0 Å². The van der Waals surface area contributed by atoms with Gasteiger partial charge in [-0.15, -0.1) is 0 Å². The van der Waals surface area contributed by atoms with Crippen LogP contribution in [0.15, 0.2) is 41.7 Å².